The molecule has 0 rings (SSSR count). The second kappa shape index (κ2) is 17.2. The predicted molar refractivity (Wildman–Crippen MR) is 61.5 cm³/mol. The molecule has 0 atom stereocenters. The molecular weight excluding hydrogens is 267 g/mol. The number of hydrogen-bond acceptors (Lipinski definition) is 4. The molecule has 0 heterocycles. The number of ether oxygens (including phenoxy) is 2. The minimum absolute atomic E-state index is 0.113. The summed E-state index contributed by atoms with van der Waals surface area (Å²) in [5, 5.41) is 0. The normalized spacial score (nSPS) is 7.29. The Labute approximate surface area is 111 Å². The van der Waals surface area contributed by atoms with Crippen molar-refractivity contribution in [2.24, 2.45) is 0 Å². The fourth-order valence-electron chi connectivity index (χ4n) is 0.425. The quantitative estimate of drug-likeness (QED) is 0.337. The summed E-state index contributed by atoms with van der Waals surface area (Å²) in [6.07, 6.45) is 2.50. The van der Waals surface area contributed by atoms with Crippen LogP contribution < -0.4 is 0 Å². The molecule has 0 spiro atoms. The van der Waals surface area contributed by atoms with Crippen molar-refractivity contribution in [1.29, 1.82) is 0 Å². The van der Waals surface area contributed by atoms with E-state index in [0.29, 0.717) is 11.3 Å². The van der Waals surface area contributed by atoms with Crippen molar-refractivity contribution in [3.8, 4) is 0 Å². The molecule has 101 valence electrons. The second-order valence-corrected chi connectivity index (χ2v) is 2.57. The summed E-state index contributed by atoms with van der Waals surface area (Å²) in [6.45, 7) is 17.2. The van der Waals surface area contributed by atoms with Crippen LogP contribution in [-0.4, -0.2) is 19.2 Å². The number of esters is 1. The van der Waals surface area contributed by atoms with Crippen molar-refractivity contribution < 1.29 is 33.8 Å². The van der Waals surface area contributed by atoms with Gasteiger partial charge in [0.05, 0.1) is 0 Å². The Morgan fingerprint density at radius 1 is 1.35 bits per heavy atom. The molecule has 0 aromatic heterocycles. The Balaban J connectivity index is -0.000000337. The molecule has 0 aliphatic carbocycles. The SMILES string of the molecule is C=C(C)C(=C)OCC(=O)OC[CH2-].C=[C-]C.[O]=[Co]. The van der Waals surface area contributed by atoms with Crippen molar-refractivity contribution in [1.82, 2.24) is 0 Å². The molecule has 0 saturated heterocycles. The van der Waals surface area contributed by atoms with Crippen LogP contribution in [-0.2, 0) is 33.8 Å². The molecule has 0 N–H and O–H groups in total. The first kappa shape index (κ1) is 21.1. The molecule has 4 nitrogen and oxygen atoms in total. The third-order valence-corrected chi connectivity index (χ3v) is 1.10. The summed E-state index contributed by atoms with van der Waals surface area (Å²) in [4.78, 5) is 10.7. The molecule has 0 aromatic rings. The van der Waals surface area contributed by atoms with Gasteiger partial charge >= 0.3 is 25.5 Å². The standard InChI is InChI=1S/C9H13O3.C3H5.Co.O/c1-5-11-9(10)6-12-8(4)7(2)3;1-3-2;;/h1-2,4-6H2,3H3;1H2,2H3;;/q2*-1;;. The molecule has 0 aliphatic heterocycles. The van der Waals surface area contributed by atoms with Gasteiger partial charge in [-0.25, -0.2) is 4.79 Å². The van der Waals surface area contributed by atoms with Crippen LogP contribution >= 0.6 is 0 Å². The van der Waals surface area contributed by atoms with Crippen LogP contribution in [0.3, 0.4) is 0 Å². The summed E-state index contributed by atoms with van der Waals surface area (Å²) in [5.41, 5.74) is 0.692. The summed E-state index contributed by atoms with van der Waals surface area (Å²) in [5.74, 6) is -0.0524. The molecule has 0 amide bonds. The van der Waals surface area contributed by atoms with Crippen molar-refractivity contribution in [2.75, 3.05) is 13.2 Å². The van der Waals surface area contributed by atoms with Crippen molar-refractivity contribution >= 4 is 5.97 Å². The number of rotatable bonds is 5. The van der Waals surface area contributed by atoms with E-state index in [1.165, 1.54) is 0 Å². The van der Waals surface area contributed by atoms with Crippen LogP contribution in [0.1, 0.15) is 13.8 Å². The Hall–Kier alpha value is -1.20. The zero-order valence-electron chi connectivity index (χ0n) is 10.2. The fraction of sp³-hybridized carbons (Fsp3) is 0.333. The number of carbonyl (C=O) groups is 1. The molecule has 0 radical (unpaired) electrons. The van der Waals surface area contributed by atoms with E-state index in [1.54, 1.807) is 13.8 Å². The van der Waals surface area contributed by atoms with Gasteiger partial charge in [0.1, 0.15) is 5.76 Å². The van der Waals surface area contributed by atoms with Crippen molar-refractivity contribution in [3.63, 3.8) is 0 Å². The summed E-state index contributed by atoms with van der Waals surface area (Å²) < 4.78 is 17.4. The third kappa shape index (κ3) is 20.8. The van der Waals surface area contributed by atoms with E-state index in [-0.39, 0.29) is 13.2 Å². The molecule has 0 aliphatic rings. The van der Waals surface area contributed by atoms with Crippen LogP contribution in [0.4, 0.5) is 0 Å². The van der Waals surface area contributed by atoms with Gasteiger partial charge in [0.2, 0.25) is 0 Å². The summed E-state index contributed by atoms with van der Waals surface area (Å²) >= 11 is 2.31. The zero-order valence-corrected chi connectivity index (χ0v) is 11.3. The van der Waals surface area contributed by atoms with Crippen molar-refractivity contribution in [3.05, 3.63) is 44.1 Å². The topological polar surface area (TPSA) is 52.6 Å². The molecule has 0 fully saturated rings. The van der Waals surface area contributed by atoms with Crippen LogP contribution in [0.25, 0.3) is 0 Å². The Bertz CT molecular complexity index is 249. The maximum atomic E-state index is 10.7. The number of allylic oxidation sites excluding steroid dienone is 2. The predicted octanol–water partition coefficient (Wildman–Crippen LogP) is 2.34. The first-order valence-electron chi connectivity index (χ1n) is 4.49. The van der Waals surface area contributed by atoms with Gasteiger partial charge in [-0.1, -0.05) is 13.2 Å². The van der Waals surface area contributed by atoms with Gasteiger partial charge in [0.25, 0.3) is 0 Å². The molecule has 0 unspecified atom stereocenters. The van der Waals surface area contributed by atoms with E-state index >= 15 is 0 Å². The van der Waals surface area contributed by atoms with Gasteiger partial charge in [-0.3, -0.25) is 6.58 Å². The molecule has 0 bridgehead atoms. The van der Waals surface area contributed by atoms with Gasteiger partial charge in [-0.2, -0.15) is 6.92 Å². The first-order chi connectivity index (χ1) is 7.99. The second-order valence-electron chi connectivity index (χ2n) is 2.57. The van der Waals surface area contributed by atoms with Gasteiger partial charge in [-0.05, 0) is 19.1 Å². The van der Waals surface area contributed by atoms with E-state index < -0.39 is 5.97 Å². The summed E-state index contributed by atoms with van der Waals surface area (Å²) in [7, 11) is 0. The molecule has 0 saturated carbocycles. The van der Waals surface area contributed by atoms with E-state index in [9.17, 15) is 4.79 Å². The van der Waals surface area contributed by atoms with E-state index in [4.69, 9.17) is 8.60 Å². The maximum absolute atomic E-state index is 10.7. The molecule has 0 aromatic carbocycles. The monoisotopic (exact) mass is 285 g/mol. The zero-order chi connectivity index (χ0) is 14.3. The van der Waals surface area contributed by atoms with E-state index in [1.807, 2.05) is 0 Å². The van der Waals surface area contributed by atoms with Crippen LogP contribution in [0.2, 0.25) is 0 Å². The third-order valence-electron chi connectivity index (χ3n) is 1.10. The van der Waals surface area contributed by atoms with Crippen LogP contribution in [0.5, 0.6) is 0 Å². The Kier molecular flexibility index (Phi) is 21.4. The van der Waals surface area contributed by atoms with Crippen LogP contribution in [0, 0.1) is 13.0 Å². The average molecular weight is 285 g/mol. The van der Waals surface area contributed by atoms with Crippen molar-refractivity contribution in [2.45, 2.75) is 13.8 Å². The van der Waals surface area contributed by atoms with Crippen LogP contribution in [0.15, 0.2) is 31.1 Å². The minimum atomic E-state index is -0.451. The van der Waals surface area contributed by atoms with Gasteiger partial charge in [0.15, 0.2) is 6.61 Å². The van der Waals surface area contributed by atoms with Gasteiger partial charge in [0, 0.05) is 0 Å². The van der Waals surface area contributed by atoms with Gasteiger partial charge in [-0.15, -0.1) is 0 Å². The average Bonchev–Trinajstić information content (AvgIpc) is 2.30. The van der Waals surface area contributed by atoms with E-state index in [2.05, 4.69) is 53.1 Å². The Morgan fingerprint density at radius 3 is 2.06 bits per heavy atom. The molecular formula is C12H18CoO4-2. The first-order valence-corrected chi connectivity index (χ1v) is 4.92. The number of carbonyl (C=O) groups excluding carboxylic acids is 1. The van der Waals surface area contributed by atoms with E-state index in [0.717, 1.165) is 0 Å². The summed E-state index contributed by atoms with van der Waals surface area (Å²) in [6, 6.07) is 0. The fourth-order valence-corrected chi connectivity index (χ4v) is 0.425. The number of hydrogen-bond donors (Lipinski definition) is 0. The Morgan fingerprint density at radius 2 is 1.76 bits per heavy atom. The molecule has 17 heavy (non-hydrogen) atoms. The molecule has 5 heteroatoms. The van der Waals surface area contributed by atoms with Gasteiger partial charge < -0.3 is 22.5 Å².